The number of imidazole rings is 1. The third kappa shape index (κ3) is 5.07. The van der Waals surface area contributed by atoms with Crippen molar-refractivity contribution in [3.63, 3.8) is 0 Å². The van der Waals surface area contributed by atoms with Gasteiger partial charge in [0.15, 0.2) is 0 Å². The summed E-state index contributed by atoms with van der Waals surface area (Å²) < 4.78 is 43.5. The normalized spacial score (nSPS) is 17.3. The number of carbonyl (C=O) groups excluding carboxylic acids is 1. The number of likely N-dealkylation sites (tertiary alicyclic amines) is 1. The van der Waals surface area contributed by atoms with Crippen LogP contribution in [0.15, 0.2) is 55.0 Å². The minimum Gasteiger partial charge on any atom is -0.424 e. The second-order valence-electron chi connectivity index (χ2n) is 9.79. The Morgan fingerprint density at radius 1 is 1.12 bits per heavy atom. The van der Waals surface area contributed by atoms with E-state index in [1.165, 1.54) is 18.1 Å². The monoisotopic (exact) mass is 578 g/mol. The third-order valence-electron chi connectivity index (χ3n) is 7.22. The maximum atomic E-state index is 15.6. The van der Waals surface area contributed by atoms with E-state index in [1.807, 2.05) is 4.57 Å². The Labute approximate surface area is 238 Å². The van der Waals surface area contributed by atoms with Crippen molar-refractivity contribution in [2.75, 3.05) is 26.8 Å². The number of aromatic nitrogens is 5. The molecule has 1 aliphatic heterocycles. The van der Waals surface area contributed by atoms with Crippen LogP contribution in [-0.4, -0.2) is 68.3 Å². The van der Waals surface area contributed by atoms with Gasteiger partial charge in [0.05, 0.1) is 34.8 Å². The fourth-order valence-electron chi connectivity index (χ4n) is 5.37. The van der Waals surface area contributed by atoms with Crippen molar-refractivity contribution < 1.29 is 23.0 Å². The van der Waals surface area contributed by atoms with E-state index in [9.17, 15) is 4.79 Å². The lowest BCUT2D eigenvalue weighted by atomic mass is 10.00. The Morgan fingerprint density at radius 2 is 1.93 bits per heavy atom. The molecule has 41 heavy (non-hydrogen) atoms. The Bertz CT molecular complexity index is 1770. The molecule has 6 rings (SSSR count). The molecule has 1 amide bonds. The largest absolute Gasteiger partial charge is 0.424 e. The quantitative estimate of drug-likeness (QED) is 0.255. The molecule has 0 bridgehead atoms. The molecule has 9 nitrogen and oxygen atoms in total. The van der Waals surface area contributed by atoms with Crippen LogP contribution in [0.25, 0.3) is 33.1 Å². The molecule has 1 saturated heterocycles. The Hall–Kier alpha value is -4.22. The molecular formula is C29H25ClF2N6O3. The predicted octanol–water partition coefficient (Wildman–Crippen LogP) is 5.69. The fourth-order valence-corrected chi connectivity index (χ4v) is 5.64. The van der Waals surface area contributed by atoms with Gasteiger partial charge in [-0.15, -0.1) is 0 Å². The van der Waals surface area contributed by atoms with Crippen molar-refractivity contribution in [2.24, 2.45) is 0 Å². The first-order chi connectivity index (χ1) is 19.8. The molecule has 3 aromatic heterocycles. The molecule has 0 N–H and O–H groups in total. The summed E-state index contributed by atoms with van der Waals surface area (Å²) >= 11 is 6.60. The molecule has 12 heteroatoms. The average molecular weight is 579 g/mol. The molecule has 1 aliphatic rings. The number of hydrogen-bond donors (Lipinski definition) is 0. The lowest BCUT2D eigenvalue weighted by molar-refractivity contribution is -0.138. The van der Waals surface area contributed by atoms with Gasteiger partial charge < -0.3 is 18.9 Å². The molecular weight excluding hydrogens is 554 g/mol. The van der Waals surface area contributed by atoms with Gasteiger partial charge >= 0.3 is 6.01 Å². The molecule has 2 aromatic carbocycles. The Balaban J connectivity index is 1.40. The predicted molar refractivity (Wildman–Crippen MR) is 149 cm³/mol. The van der Waals surface area contributed by atoms with Crippen molar-refractivity contribution in [3.05, 3.63) is 71.7 Å². The smallest absolute Gasteiger partial charge is 0.321 e. The van der Waals surface area contributed by atoms with Crippen LogP contribution in [0.3, 0.4) is 0 Å². The molecule has 4 heterocycles. The first-order valence-corrected chi connectivity index (χ1v) is 13.3. The van der Waals surface area contributed by atoms with Crippen LogP contribution in [0.1, 0.15) is 18.3 Å². The highest BCUT2D eigenvalue weighted by atomic mass is 35.5. The zero-order valence-corrected chi connectivity index (χ0v) is 23.0. The van der Waals surface area contributed by atoms with E-state index in [0.29, 0.717) is 52.0 Å². The van der Waals surface area contributed by atoms with Gasteiger partial charge in [-0.1, -0.05) is 11.6 Å². The number of nitrogens with zero attached hydrogens (tertiary/aromatic N) is 6. The van der Waals surface area contributed by atoms with Gasteiger partial charge in [0.1, 0.15) is 35.7 Å². The van der Waals surface area contributed by atoms with Gasteiger partial charge in [-0.05, 0) is 37.6 Å². The number of benzene rings is 2. The highest BCUT2D eigenvalue weighted by Crippen LogP contribution is 2.39. The second kappa shape index (κ2) is 11.0. The van der Waals surface area contributed by atoms with Gasteiger partial charge in [-0.3, -0.25) is 9.78 Å². The summed E-state index contributed by atoms with van der Waals surface area (Å²) in [6, 6.07) is 9.16. The summed E-state index contributed by atoms with van der Waals surface area (Å²) in [4.78, 5) is 30.9. The molecule has 5 aromatic rings. The molecule has 0 aliphatic carbocycles. The third-order valence-corrected chi connectivity index (χ3v) is 7.53. The highest BCUT2D eigenvalue weighted by Gasteiger charge is 2.34. The van der Waals surface area contributed by atoms with Gasteiger partial charge in [-0.2, -0.15) is 0 Å². The summed E-state index contributed by atoms with van der Waals surface area (Å²) in [7, 11) is 1.43. The number of halogens is 3. The summed E-state index contributed by atoms with van der Waals surface area (Å²) in [5.41, 5.74) is 2.31. The zero-order valence-electron chi connectivity index (χ0n) is 22.2. The number of pyridine rings is 1. The van der Waals surface area contributed by atoms with Gasteiger partial charge in [0.2, 0.25) is 5.91 Å². The lowest BCUT2D eigenvalue weighted by Gasteiger charge is -2.36. The first-order valence-electron chi connectivity index (χ1n) is 13.0. The topological polar surface area (TPSA) is 95.3 Å². The molecule has 0 radical (unpaired) electrons. The summed E-state index contributed by atoms with van der Waals surface area (Å²) in [6.45, 7) is 2.04. The van der Waals surface area contributed by atoms with Gasteiger partial charge in [0.25, 0.3) is 0 Å². The van der Waals surface area contributed by atoms with Crippen molar-refractivity contribution >= 4 is 39.4 Å². The Kier molecular flexibility index (Phi) is 7.22. The standard InChI is InChI=1S/C29H25ClF2N6O3/c1-16-36-25-13-35-24-12-22(31)19(18-5-4-17(10-21(18)30)41-29-33-7-3-8-34-29)11-20(24)28(25)38(16)26-6-9-37(14-23(26)32)27(39)15-40-2/h3-5,7-8,10-13,23,26H,6,9,14-15H2,1-2H3. The number of methoxy groups -OCH3 is 1. The fraction of sp³-hybridized carbons (Fsp3) is 0.276. The zero-order chi connectivity index (χ0) is 28.7. The van der Waals surface area contributed by atoms with Gasteiger partial charge in [0, 0.05) is 54.7 Å². The number of hydrogen-bond acceptors (Lipinski definition) is 7. The van der Waals surface area contributed by atoms with Crippen molar-refractivity contribution in [2.45, 2.75) is 25.6 Å². The number of piperidine rings is 1. The summed E-state index contributed by atoms with van der Waals surface area (Å²) in [5.74, 6) is 0.239. The summed E-state index contributed by atoms with van der Waals surface area (Å²) in [5, 5.41) is 0.872. The van der Waals surface area contributed by atoms with Crippen LogP contribution in [0.4, 0.5) is 8.78 Å². The highest BCUT2D eigenvalue weighted by molar-refractivity contribution is 6.33. The molecule has 0 saturated carbocycles. The number of aryl methyl sites for hydroxylation is 1. The van der Waals surface area contributed by atoms with Crippen LogP contribution in [0.2, 0.25) is 5.02 Å². The van der Waals surface area contributed by atoms with E-state index < -0.39 is 18.0 Å². The second-order valence-corrected chi connectivity index (χ2v) is 10.2. The summed E-state index contributed by atoms with van der Waals surface area (Å²) in [6.07, 6.45) is 3.73. The van der Waals surface area contributed by atoms with E-state index in [-0.39, 0.29) is 35.7 Å². The minimum absolute atomic E-state index is 0.0487. The van der Waals surface area contributed by atoms with Gasteiger partial charge in [-0.25, -0.2) is 23.7 Å². The van der Waals surface area contributed by atoms with Crippen LogP contribution in [0.5, 0.6) is 11.8 Å². The van der Waals surface area contributed by atoms with Crippen molar-refractivity contribution in [1.29, 1.82) is 0 Å². The molecule has 1 fully saturated rings. The minimum atomic E-state index is -1.33. The molecule has 2 unspecified atom stereocenters. The number of alkyl halides is 1. The number of amides is 1. The van der Waals surface area contributed by atoms with Crippen molar-refractivity contribution in [1.82, 2.24) is 29.4 Å². The Morgan fingerprint density at radius 3 is 2.66 bits per heavy atom. The average Bonchev–Trinajstić information content (AvgIpc) is 3.29. The molecule has 2 atom stereocenters. The first kappa shape index (κ1) is 27.0. The molecule has 210 valence electrons. The number of rotatable bonds is 6. The van der Waals surface area contributed by atoms with Crippen LogP contribution >= 0.6 is 11.6 Å². The lowest BCUT2D eigenvalue weighted by Crippen LogP contribution is -2.46. The SMILES string of the molecule is COCC(=O)N1CCC(n2c(C)nc3cnc4cc(F)c(-c5ccc(Oc6ncccn6)cc5Cl)cc4c32)C(F)C1. The van der Waals surface area contributed by atoms with E-state index >= 15 is 8.78 Å². The van der Waals surface area contributed by atoms with Crippen LogP contribution < -0.4 is 4.74 Å². The number of ether oxygens (including phenoxy) is 2. The van der Waals surface area contributed by atoms with E-state index in [4.69, 9.17) is 21.1 Å². The number of fused-ring (bicyclic) bond motifs is 3. The van der Waals surface area contributed by atoms with E-state index in [0.717, 1.165) is 0 Å². The maximum absolute atomic E-state index is 15.6. The maximum Gasteiger partial charge on any atom is 0.321 e. The van der Waals surface area contributed by atoms with Crippen LogP contribution in [-0.2, 0) is 9.53 Å². The van der Waals surface area contributed by atoms with Crippen LogP contribution in [0, 0.1) is 12.7 Å². The molecule has 0 spiro atoms. The number of carbonyl (C=O) groups is 1. The van der Waals surface area contributed by atoms with Crippen molar-refractivity contribution in [3.8, 4) is 22.9 Å². The van der Waals surface area contributed by atoms with E-state index in [1.54, 1.807) is 55.8 Å². The van der Waals surface area contributed by atoms with E-state index in [2.05, 4.69) is 19.9 Å².